The Morgan fingerprint density at radius 1 is 1.09 bits per heavy atom. The Hall–Kier alpha value is -3.98. The summed E-state index contributed by atoms with van der Waals surface area (Å²) < 4.78 is 1.25. The van der Waals surface area contributed by atoms with E-state index in [1.165, 1.54) is 33.4 Å². The zero-order chi connectivity index (χ0) is 24.2. The van der Waals surface area contributed by atoms with Crippen LogP contribution < -0.4 is 21.9 Å². The highest BCUT2D eigenvalue weighted by Crippen LogP contribution is 2.25. The first-order valence-corrected chi connectivity index (χ1v) is 11.7. The summed E-state index contributed by atoms with van der Waals surface area (Å²) in [7, 11) is 1.47. The number of nitrogens with zero attached hydrogens (tertiary/aromatic N) is 3. The lowest BCUT2D eigenvalue weighted by atomic mass is 10.1. The van der Waals surface area contributed by atoms with Crippen LogP contribution in [0.25, 0.3) is 10.6 Å². The van der Waals surface area contributed by atoms with Crippen LogP contribution >= 0.6 is 11.3 Å². The van der Waals surface area contributed by atoms with Crippen molar-refractivity contribution in [3.63, 3.8) is 0 Å². The smallest absolute Gasteiger partial charge is 0.330 e. The number of anilines is 2. The van der Waals surface area contributed by atoms with Crippen LogP contribution in [0.15, 0.2) is 69.6 Å². The predicted octanol–water partition coefficient (Wildman–Crippen LogP) is 3.06. The molecule has 1 amide bonds. The first-order valence-electron chi connectivity index (χ1n) is 10.8. The Balaban J connectivity index is 1.56. The fourth-order valence-corrected chi connectivity index (χ4v) is 4.45. The number of hydrogen-bond acceptors (Lipinski definition) is 6. The van der Waals surface area contributed by atoms with E-state index in [0.717, 1.165) is 22.6 Å². The molecule has 0 saturated heterocycles. The topological polar surface area (TPSA) is 114 Å². The van der Waals surface area contributed by atoms with E-state index >= 15 is 0 Å². The Labute approximate surface area is 200 Å². The lowest BCUT2D eigenvalue weighted by molar-refractivity contribution is -0.117. The lowest BCUT2D eigenvalue weighted by Crippen LogP contribution is -2.40. The van der Waals surface area contributed by atoms with Crippen LogP contribution in [0, 0.1) is 0 Å². The number of H-pyrrole nitrogens is 1. The number of rotatable bonds is 7. The van der Waals surface area contributed by atoms with Crippen molar-refractivity contribution in [2.24, 2.45) is 0 Å². The van der Waals surface area contributed by atoms with Crippen LogP contribution in [0.1, 0.15) is 23.7 Å². The van der Waals surface area contributed by atoms with Crippen LogP contribution in [-0.2, 0) is 24.2 Å². The number of aryl methyl sites for hydroxylation is 1. The Morgan fingerprint density at radius 2 is 1.79 bits per heavy atom. The van der Waals surface area contributed by atoms with Crippen molar-refractivity contribution in [1.29, 1.82) is 0 Å². The molecule has 34 heavy (non-hydrogen) atoms. The van der Waals surface area contributed by atoms with E-state index < -0.39 is 11.2 Å². The van der Waals surface area contributed by atoms with E-state index in [4.69, 9.17) is 5.73 Å². The highest BCUT2D eigenvalue weighted by Gasteiger charge is 2.22. The number of nitrogen functional groups attached to an aromatic ring is 1. The molecule has 0 aliphatic rings. The minimum Gasteiger partial charge on any atom is -0.383 e. The number of aromatic amines is 1. The summed E-state index contributed by atoms with van der Waals surface area (Å²) in [4.78, 5) is 46.0. The van der Waals surface area contributed by atoms with Gasteiger partial charge in [-0.3, -0.25) is 19.1 Å². The maximum Gasteiger partial charge on any atom is 0.330 e. The maximum atomic E-state index is 13.0. The van der Waals surface area contributed by atoms with Gasteiger partial charge in [-0.1, -0.05) is 61.5 Å². The van der Waals surface area contributed by atoms with Crippen LogP contribution in [-0.4, -0.2) is 27.5 Å². The summed E-state index contributed by atoms with van der Waals surface area (Å²) in [6, 6.07) is 17.4. The molecule has 0 bridgehead atoms. The van der Waals surface area contributed by atoms with Gasteiger partial charge in [0.15, 0.2) is 5.69 Å². The normalized spacial score (nSPS) is 10.9. The van der Waals surface area contributed by atoms with Gasteiger partial charge in [-0.15, -0.1) is 11.3 Å². The van der Waals surface area contributed by atoms with E-state index in [-0.39, 0.29) is 30.4 Å². The maximum absolute atomic E-state index is 13.0. The van der Waals surface area contributed by atoms with Crippen molar-refractivity contribution in [3.05, 3.63) is 97.6 Å². The van der Waals surface area contributed by atoms with Gasteiger partial charge < -0.3 is 10.6 Å². The molecule has 0 aliphatic carbocycles. The molecule has 0 unspecified atom stereocenters. The molecular weight excluding hydrogens is 450 g/mol. The van der Waals surface area contributed by atoms with Gasteiger partial charge in [-0.2, -0.15) is 0 Å². The first-order chi connectivity index (χ1) is 16.4. The minimum atomic E-state index is -0.711. The third kappa shape index (κ3) is 4.84. The molecule has 0 fully saturated rings. The van der Waals surface area contributed by atoms with Crippen molar-refractivity contribution in [3.8, 4) is 10.6 Å². The van der Waals surface area contributed by atoms with Crippen molar-refractivity contribution in [2.75, 3.05) is 17.7 Å². The monoisotopic (exact) mass is 475 g/mol. The van der Waals surface area contributed by atoms with Gasteiger partial charge in [0.2, 0.25) is 5.91 Å². The Bertz CT molecular complexity index is 1420. The summed E-state index contributed by atoms with van der Waals surface area (Å²) in [5.74, 6) is -0.427. The van der Waals surface area contributed by atoms with Crippen LogP contribution in [0.4, 0.5) is 11.5 Å². The summed E-state index contributed by atoms with van der Waals surface area (Å²) in [6.45, 7) is 2.27. The van der Waals surface area contributed by atoms with Crippen molar-refractivity contribution in [1.82, 2.24) is 14.5 Å². The summed E-state index contributed by atoms with van der Waals surface area (Å²) >= 11 is 1.46. The van der Waals surface area contributed by atoms with Gasteiger partial charge in [-0.25, -0.2) is 9.78 Å². The predicted molar refractivity (Wildman–Crippen MR) is 135 cm³/mol. The lowest BCUT2D eigenvalue weighted by Gasteiger charge is -2.20. The first kappa shape index (κ1) is 23.2. The minimum absolute atomic E-state index is 0.00324. The van der Waals surface area contributed by atoms with E-state index in [1.807, 2.05) is 47.8 Å². The second-order valence-corrected chi connectivity index (χ2v) is 8.75. The molecule has 0 saturated carbocycles. The molecule has 2 aromatic heterocycles. The molecule has 2 aromatic carbocycles. The fraction of sp³-hybridized carbons (Fsp3) is 0.200. The van der Waals surface area contributed by atoms with Crippen molar-refractivity contribution >= 4 is 28.7 Å². The number of nitrogens with one attached hydrogen (secondary N) is 1. The molecule has 0 spiro atoms. The summed E-state index contributed by atoms with van der Waals surface area (Å²) in [5, 5.41) is 2.65. The molecule has 4 aromatic rings. The molecule has 174 valence electrons. The number of thiazole rings is 1. The van der Waals surface area contributed by atoms with Gasteiger partial charge >= 0.3 is 5.69 Å². The Morgan fingerprint density at radius 3 is 2.47 bits per heavy atom. The number of likely N-dealkylation sites (N-methyl/N-ethyl adjacent to an activating group) is 1. The average molecular weight is 476 g/mol. The van der Waals surface area contributed by atoms with Crippen LogP contribution in [0.5, 0.6) is 0 Å². The summed E-state index contributed by atoms with van der Waals surface area (Å²) in [6.07, 6.45) is 0.960. The number of benzene rings is 2. The van der Waals surface area contributed by atoms with E-state index in [9.17, 15) is 14.4 Å². The van der Waals surface area contributed by atoms with Crippen molar-refractivity contribution < 1.29 is 4.79 Å². The van der Waals surface area contributed by atoms with Gasteiger partial charge in [0, 0.05) is 18.0 Å². The highest BCUT2D eigenvalue weighted by atomic mass is 32.1. The number of amides is 1. The number of aromatic nitrogens is 3. The zero-order valence-electron chi connectivity index (χ0n) is 18.9. The van der Waals surface area contributed by atoms with E-state index in [2.05, 4.69) is 29.0 Å². The number of nitrogens with two attached hydrogens (primary N) is 1. The van der Waals surface area contributed by atoms with Gasteiger partial charge in [0.25, 0.3) is 5.56 Å². The number of carbonyl (C=O) groups excluding carboxylic acids is 1. The van der Waals surface area contributed by atoms with Crippen LogP contribution in [0.2, 0.25) is 0 Å². The second-order valence-electron chi connectivity index (χ2n) is 7.89. The molecule has 0 aliphatic heterocycles. The van der Waals surface area contributed by atoms with Gasteiger partial charge in [0.1, 0.15) is 10.8 Å². The van der Waals surface area contributed by atoms with Gasteiger partial charge in [0.05, 0.1) is 18.7 Å². The highest BCUT2D eigenvalue weighted by molar-refractivity contribution is 7.13. The number of hydrogen-bond donors (Lipinski definition) is 2. The average Bonchev–Trinajstić information content (AvgIpc) is 3.30. The standard InChI is InChI=1S/C25H25N5O3S/c1-3-16-9-11-18(12-10-16)24-27-19(15-34-24)13-20(31)29(2)21-22(26)30(25(33)28-23(21)32)14-17-7-5-4-6-8-17/h4-12,15H,3,13-14,26H2,1-2H3,(H,28,32,33). The zero-order valence-corrected chi connectivity index (χ0v) is 19.8. The molecule has 0 radical (unpaired) electrons. The molecule has 4 rings (SSSR count). The molecule has 9 heteroatoms. The SMILES string of the molecule is CCc1ccc(-c2nc(CC(=O)N(C)c3c(N)n(Cc4ccccc4)c(=O)[nH]c3=O)cs2)cc1. The molecule has 0 atom stereocenters. The molecule has 3 N–H and O–H groups in total. The van der Waals surface area contributed by atoms with Gasteiger partial charge in [-0.05, 0) is 17.5 Å². The molecular formula is C25H25N5O3S. The molecule has 2 heterocycles. The van der Waals surface area contributed by atoms with E-state index in [1.54, 1.807) is 0 Å². The van der Waals surface area contributed by atoms with Crippen LogP contribution in [0.3, 0.4) is 0 Å². The number of carbonyl (C=O) groups is 1. The molecule has 8 nitrogen and oxygen atoms in total. The third-order valence-corrected chi connectivity index (χ3v) is 6.54. The summed E-state index contributed by atoms with van der Waals surface area (Å²) in [5.41, 5.74) is 8.47. The fourth-order valence-electron chi connectivity index (χ4n) is 3.63. The van der Waals surface area contributed by atoms with E-state index in [0.29, 0.717) is 5.69 Å². The third-order valence-electron chi connectivity index (χ3n) is 5.60. The van der Waals surface area contributed by atoms with Crippen molar-refractivity contribution in [2.45, 2.75) is 26.3 Å². The quantitative estimate of drug-likeness (QED) is 0.426. The second kappa shape index (κ2) is 9.88. The Kier molecular flexibility index (Phi) is 6.74. The largest absolute Gasteiger partial charge is 0.383 e.